The minimum absolute atomic E-state index is 0.269. The number of ether oxygens (including phenoxy) is 4. The Morgan fingerprint density at radius 2 is 1.91 bits per heavy atom. The maximum absolute atomic E-state index is 6.40. The van der Waals surface area contributed by atoms with Gasteiger partial charge in [0.15, 0.2) is 12.0 Å². The lowest BCUT2D eigenvalue weighted by Crippen LogP contribution is -2.33. The van der Waals surface area contributed by atoms with E-state index in [9.17, 15) is 0 Å². The van der Waals surface area contributed by atoms with Crippen molar-refractivity contribution in [1.82, 2.24) is 19.5 Å². The van der Waals surface area contributed by atoms with Gasteiger partial charge in [0.25, 0.3) is 0 Å². The Labute approximate surface area is 203 Å². The number of benzene rings is 1. The fourth-order valence-electron chi connectivity index (χ4n) is 4.62. The molecule has 3 aromatic heterocycles. The first-order valence-electron chi connectivity index (χ1n) is 10.9. The summed E-state index contributed by atoms with van der Waals surface area (Å²) < 4.78 is 27.6. The lowest BCUT2D eigenvalue weighted by molar-refractivity contribution is -0.198. The molecule has 4 aromatic rings. The van der Waals surface area contributed by atoms with Crippen LogP contribution in [0.25, 0.3) is 21.9 Å². The second kappa shape index (κ2) is 7.77. The second-order valence-electron chi connectivity index (χ2n) is 8.87. The van der Waals surface area contributed by atoms with Gasteiger partial charge < -0.3 is 35.0 Å². The van der Waals surface area contributed by atoms with Gasteiger partial charge in [-0.15, -0.1) is 0 Å². The van der Waals surface area contributed by atoms with Gasteiger partial charge in [0.05, 0.1) is 15.4 Å². The van der Waals surface area contributed by atoms with Gasteiger partial charge in [-0.1, -0.05) is 0 Å². The summed E-state index contributed by atoms with van der Waals surface area (Å²) >= 11 is 3.41. The molecule has 2 aliphatic heterocycles. The zero-order valence-electron chi connectivity index (χ0n) is 18.5. The van der Waals surface area contributed by atoms with Crippen molar-refractivity contribution in [3.05, 3.63) is 47.3 Å². The van der Waals surface area contributed by atoms with Crippen LogP contribution in [0.3, 0.4) is 0 Å². The quantitative estimate of drug-likeness (QED) is 0.410. The molecule has 0 bridgehead atoms. The van der Waals surface area contributed by atoms with Crippen LogP contribution >= 0.6 is 15.9 Å². The predicted molar refractivity (Wildman–Crippen MR) is 129 cm³/mol. The van der Waals surface area contributed by atoms with Gasteiger partial charge in [-0.2, -0.15) is 0 Å². The van der Waals surface area contributed by atoms with Crippen LogP contribution in [-0.2, 0) is 14.2 Å². The summed E-state index contributed by atoms with van der Waals surface area (Å²) in [6, 6.07) is 9.50. The summed E-state index contributed by atoms with van der Waals surface area (Å²) in [5.41, 5.74) is 13.4. The second-order valence-corrected chi connectivity index (χ2v) is 9.72. The summed E-state index contributed by atoms with van der Waals surface area (Å²) in [7, 11) is 0. The third kappa shape index (κ3) is 3.56. The maximum Gasteiger partial charge on any atom is 0.164 e. The minimum Gasteiger partial charge on any atom is -0.491 e. The number of pyridine rings is 1. The van der Waals surface area contributed by atoms with E-state index in [0.29, 0.717) is 23.0 Å². The topological polar surface area (TPSA) is 133 Å². The predicted octanol–water partition coefficient (Wildman–Crippen LogP) is 3.40. The Kier molecular flexibility index (Phi) is 4.92. The molecule has 1 aromatic carbocycles. The van der Waals surface area contributed by atoms with Crippen molar-refractivity contribution >= 4 is 49.5 Å². The molecule has 0 saturated carbocycles. The fraction of sp³-hybridized carbons (Fsp3) is 0.348. The Morgan fingerprint density at radius 1 is 1.09 bits per heavy atom. The smallest absolute Gasteiger partial charge is 0.164 e. The third-order valence-corrected chi connectivity index (χ3v) is 6.76. The summed E-state index contributed by atoms with van der Waals surface area (Å²) in [4.78, 5) is 12.9. The molecule has 0 amide bonds. The van der Waals surface area contributed by atoms with Gasteiger partial charge in [0, 0.05) is 17.6 Å². The minimum atomic E-state index is -0.746. The lowest BCUT2D eigenvalue weighted by atomic mass is 10.1. The van der Waals surface area contributed by atoms with E-state index in [-0.39, 0.29) is 24.9 Å². The average Bonchev–Trinajstić information content (AvgIpc) is 3.45. The molecular weight excluding hydrogens is 504 g/mol. The van der Waals surface area contributed by atoms with Gasteiger partial charge in [-0.05, 0) is 54.0 Å². The van der Waals surface area contributed by atoms with Crippen molar-refractivity contribution in [2.45, 2.75) is 44.2 Å². The number of halogens is 1. The number of anilines is 2. The highest BCUT2D eigenvalue weighted by molar-refractivity contribution is 9.10. The number of aromatic nitrogens is 4. The Morgan fingerprint density at radius 3 is 2.76 bits per heavy atom. The fourth-order valence-corrected chi connectivity index (χ4v) is 4.95. The van der Waals surface area contributed by atoms with Crippen LogP contribution in [0, 0.1) is 0 Å². The van der Waals surface area contributed by atoms with Gasteiger partial charge in [0.2, 0.25) is 0 Å². The molecule has 10 nitrogen and oxygen atoms in total. The Balaban J connectivity index is 1.27. The monoisotopic (exact) mass is 526 g/mol. The standard InChI is InChI=1S/C23H23BrN6O4/c1-23(2)33-17-16(9-31-12-4-3-11-7-14(24)20(26)29-15(11)8-12)32-22(18(17)34-23)30-6-5-13-19(25)27-10-28-21(13)30/h3-8,10,16-18,22H,9H2,1-2H3,(H2,26,29)(H2,25,27,28)/t16-,17-,18-,22-/m1/s1. The number of hydrogen-bond acceptors (Lipinski definition) is 9. The molecule has 0 spiro atoms. The number of rotatable bonds is 4. The van der Waals surface area contributed by atoms with E-state index < -0.39 is 12.0 Å². The molecule has 5 heterocycles. The molecule has 4 N–H and O–H groups in total. The van der Waals surface area contributed by atoms with E-state index in [4.69, 9.17) is 30.4 Å². The number of nitrogens with two attached hydrogens (primary N) is 2. The molecule has 0 unspecified atom stereocenters. The van der Waals surface area contributed by atoms with Crippen molar-refractivity contribution in [3.63, 3.8) is 0 Å². The molecule has 34 heavy (non-hydrogen) atoms. The maximum atomic E-state index is 6.40. The van der Waals surface area contributed by atoms with Crippen LogP contribution in [0.1, 0.15) is 20.1 Å². The van der Waals surface area contributed by atoms with Crippen LogP contribution in [0.5, 0.6) is 5.75 Å². The van der Waals surface area contributed by atoms with Crippen molar-refractivity contribution < 1.29 is 18.9 Å². The van der Waals surface area contributed by atoms with Crippen molar-refractivity contribution in [2.75, 3.05) is 18.1 Å². The first kappa shape index (κ1) is 21.5. The third-order valence-electron chi connectivity index (χ3n) is 6.12. The lowest BCUT2D eigenvalue weighted by Gasteiger charge is -2.25. The average molecular weight is 527 g/mol. The molecule has 176 valence electrons. The molecular formula is C23H23BrN6O4. The van der Waals surface area contributed by atoms with Crippen molar-refractivity contribution in [3.8, 4) is 5.75 Å². The first-order valence-corrected chi connectivity index (χ1v) is 11.6. The van der Waals surface area contributed by atoms with Crippen molar-refractivity contribution in [2.24, 2.45) is 0 Å². The van der Waals surface area contributed by atoms with Crippen LogP contribution in [0.15, 0.2) is 47.3 Å². The highest BCUT2D eigenvalue weighted by Crippen LogP contribution is 2.44. The van der Waals surface area contributed by atoms with Gasteiger partial charge in [-0.25, -0.2) is 15.0 Å². The van der Waals surface area contributed by atoms with Gasteiger partial charge >= 0.3 is 0 Å². The zero-order chi connectivity index (χ0) is 23.6. The van der Waals surface area contributed by atoms with Gasteiger partial charge in [0.1, 0.15) is 54.3 Å². The van der Waals surface area contributed by atoms with E-state index in [2.05, 4.69) is 30.9 Å². The molecule has 6 rings (SSSR count). The molecule has 2 fully saturated rings. The number of hydrogen-bond donors (Lipinski definition) is 2. The number of fused-ring (bicyclic) bond motifs is 3. The van der Waals surface area contributed by atoms with E-state index in [1.54, 1.807) is 0 Å². The van der Waals surface area contributed by atoms with Crippen molar-refractivity contribution in [1.29, 1.82) is 0 Å². The molecule has 11 heteroatoms. The SMILES string of the molecule is CC1(C)O[C@@H]2[C@H](O1)[C@@H](COc1ccc3cc(Br)c(N)nc3c1)O[C@H]2n1ccc2c(N)ncnc21. The van der Waals surface area contributed by atoms with E-state index in [1.807, 2.05) is 54.9 Å². The molecule has 2 aliphatic rings. The summed E-state index contributed by atoms with van der Waals surface area (Å²) in [5.74, 6) is 0.761. The number of nitrogens with zero attached hydrogens (tertiary/aromatic N) is 4. The Bertz CT molecular complexity index is 1410. The first-order chi connectivity index (χ1) is 16.3. The molecule has 0 radical (unpaired) electrons. The summed E-state index contributed by atoms with van der Waals surface area (Å²) in [5, 5.41) is 1.72. The van der Waals surface area contributed by atoms with E-state index >= 15 is 0 Å². The summed E-state index contributed by atoms with van der Waals surface area (Å²) in [6.45, 7) is 4.06. The number of nitrogen functional groups attached to an aromatic ring is 2. The molecule has 2 saturated heterocycles. The highest BCUT2D eigenvalue weighted by atomic mass is 79.9. The largest absolute Gasteiger partial charge is 0.491 e. The van der Waals surface area contributed by atoms with Gasteiger partial charge in [-0.3, -0.25) is 0 Å². The van der Waals surface area contributed by atoms with Crippen LogP contribution in [-0.4, -0.2) is 50.2 Å². The van der Waals surface area contributed by atoms with Crippen LogP contribution < -0.4 is 16.2 Å². The van der Waals surface area contributed by atoms with Crippen LogP contribution in [0.4, 0.5) is 11.6 Å². The Hall–Kier alpha value is -2.99. The molecule has 4 atom stereocenters. The van der Waals surface area contributed by atoms with E-state index in [1.165, 1.54) is 6.33 Å². The zero-order valence-corrected chi connectivity index (χ0v) is 20.1. The highest BCUT2D eigenvalue weighted by Gasteiger charge is 2.56. The van der Waals surface area contributed by atoms with E-state index in [0.717, 1.165) is 20.8 Å². The summed E-state index contributed by atoms with van der Waals surface area (Å²) in [6.07, 6.45) is 1.84. The van der Waals surface area contributed by atoms with Crippen LogP contribution in [0.2, 0.25) is 0 Å². The molecule has 0 aliphatic carbocycles. The normalized spacial score (nSPS) is 25.7.